The summed E-state index contributed by atoms with van der Waals surface area (Å²) >= 11 is 1.57. The smallest absolute Gasteiger partial charge is 0.211 e. The van der Waals surface area contributed by atoms with Crippen molar-refractivity contribution in [3.8, 4) is 21.8 Å². The maximum Gasteiger partial charge on any atom is 0.211 e. The molecule has 3 rings (SSSR count). The van der Waals surface area contributed by atoms with E-state index in [4.69, 9.17) is 0 Å². The van der Waals surface area contributed by atoms with Crippen molar-refractivity contribution in [1.82, 2.24) is 9.97 Å². The molecule has 1 N–H and O–H groups in total. The van der Waals surface area contributed by atoms with Crippen molar-refractivity contribution in [1.29, 1.82) is 0 Å². The van der Waals surface area contributed by atoms with E-state index in [1.54, 1.807) is 23.7 Å². The molecule has 98 valence electrons. The Morgan fingerprint density at radius 1 is 1.15 bits per heavy atom. The van der Waals surface area contributed by atoms with E-state index in [0.717, 1.165) is 27.5 Å². The molecule has 5 heteroatoms. The number of carbonyl (C=O) groups excluding carboxylic acids is 1. The molecule has 0 saturated heterocycles. The summed E-state index contributed by atoms with van der Waals surface area (Å²) in [7, 11) is 0. The van der Waals surface area contributed by atoms with E-state index in [0.29, 0.717) is 6.41 Å². The van der Waals surface area contributed by atoms with Crippen LogP contribution in [0.5, 0.6) is 0 Å². The maximum atomic E-state index is 10.5. The van der Waals surface area contributed by atoms with Crippen molar-refractivity contribution < 1.29 is 4.79 Å². The van der Waals surface area contributed by atoms with Gasteiger partial charge in [-0.2, -0.15) is 0 Å². The molecule has 0 saturated carbocycles. The molecule has 0 radical (unpaired) electrons. The van der Waals surface area contributed by atoms with Crippen LogP contribution in [0.4, 0.5) is 5.69 Å². The van der Waals surface area contributed by atoms with Crippen LogP contribution < -0.4 is 5.32 Å². The van der Waals surface area contributed by atoms with Gasteiger partial charge in [0.25, 0.3) is 0 Å². The van der Waals surface area contributed by atoms with Crippen LogP contribution in [0.25, 0.3) is 21.8 Å². The van der Waals surface area contributed by atoms with Gasteiger partial charge in [-0.25, -0.2) is 4.98 Å². The van der Waals surface area contributed by atoms with Gasteiger partial charge < -0.3 is 5.32 Å². The Kier molecular flexibility index (Phi) is 3.52. The molecule has 2 heterocycles. The summed E-state index contributed by atoms with van der Waals surface area (Å²) in [6.07, 6.45) is 4.20. The molecule has 0 fully saturated rings. The average molecular weight is 281 g/mol. The molecule has 2 aromatic heterocycles. The van der Waals surface area contributed by atoms with Gasteiger partial charge in [0.2, 0.25) is 6.41 Å². The molecule has 0 spiro atoms. The lowest BCUT2D eigenvalue weighted by Crippen LogP contribution is -1.93. The highest BCUT2D eigenvalue weighted by atomic mass is 32.1. The van der Waals surface area contributed by atoms with E-state index in [9.17, 15) is 4.79 Å². The number of benzene rings is 1. The molecule has 20 heavy (non-hydrogen) atoms. The summed E-state index contributed by atoms with van der Waals surface area (Å²) in [6, 6.07) is 11.5. The van der Waals surface area contributed by atoms with Gasteiger partial charge in [0, 0.05) is 34.6 Å². The molecular weight excluding hydrogens is 270 g/mol. The molecular formula is C15H11N3OS. The van der Waals surface area contributed by atoms with E-state index in [1.165, 1.54) is 0 Å². The van der Waals surface area contributed by atoms with Crippen molar-refractivity contribution in [2.45, 2.75) is 0 Å². The number of hydrogen-bond donors (Lipinski definition) is 1. The van der Waals surface area contributed by atoms with E-state index in [2.05, 4.69) is 15.3 Å². The SMILES string of the molecule is O=CNc1cccc(-c2nc(-c3cccnc3)cs2)c1. The fraction of sp³-hybridized carbons (Fsp3) is 0. The number of hydrogen-bond acceptors (Lipinski definition) is 4. The van der Waals surface area contributed by atoms with Gasteiger partial charge in [-0.15, -0.1) is 11.3 Å². The first-order valence-electron chi connectivity index (χ1n) is 6.03. The molecule has 0 bridgehead atoms. The zero-order chi connectivity index (χ0) is 13.8. The van der Waals surface area contributed by atoms with E-state index < -0.39 is 0 Å². The van der Waals surface area contributed by atoms with Gasteiger partial charge >= 0.3 is 0 Å². The predicted molar refractivity (Wildman–Crippen MR) is 80.5 cm³/mol. The zero-order valence-electron chi connectivity index (χ0n) is 10.5. The van der Waals surface area contributed by atoms with Crippen LogP contribution in [0.3, 0.4) is 0 Å². The quantitative estimate of drug-likeness (QED) is 0.745. The van der Waals surface area contributed by atoms with Gasteiger partial charge in [-0.3, -0.25) is 9.78 Å². The number of rotatable bonds is 4. The number of pyridine rings is 1. The van der Waals surface area contributed by atoms with Crippen molar-refractivity contribution in [3.63, 3.8) is 0 Å². The fourth-order valence-corrected chi connectivity index (χ4v) is 2.69. The Labute approximate surface area is 120 Å². The standard InChI is InChI=1S/C15H11N3OS/c19-10-17-13-5-1-3-11(7-13)15-18-14(9-20-15)12-4-2-6-16-8-12/h1-10H,(H,17,19). The number of anilines is 1. The summed E-state index contributed by atoms with van der Waals surface area (Å²) in [5, 5.41) is 5.56. The van der Waals surface area contributed by atoms with Crippen molar-refractivity contribution in [3.05, 3.63) is 54.2 Å². The number of thiazole rings is 1. The predicted octanol–water partition coefficient (Wildman–Crippen LogP) is 3.44. The number of nitrogens with one attached hydrogen (secondary N) is 1. The Morgan fingerprint density at radius 2 is 2.05 bits per heavy atom. The minimum absolute atomic E-state index is 0.669. The van der Waals surface area contributed by atoms with Crippen molar-refractivity contribution in [2.75, 3.05) is 5.32 Å². The molecule has 0 aliphatic rings. The van der Waals surface area contributed by atoms with Crippen molar-refractivity contribution >= 4 is 23.4 Å². The normalized spacial score (nSPS) is 10.2. The molecule has 3 aromatic rings. The first-order valence-corrected chi connectivity index (χ1v) is 6.91. The van der Waals surface area contributed by atoms with Gasteiger partial charge in [-0.05, 0) is 24.3 Å². The molecule has 1 aromatic carbocycles. The third-order valence-electron chi connectivity index (χ3n) is 2.80. The number of aromatic nitrogens is 2. The molecule has 0 aliphatic heterocycles. The van der Waals surface area contributed by atoms with Gasteiger partial charge in [0.05, 0.1) is 5.69 Å². The largest absolute Gasteiger partial charge is 0.329 e. The highest BCUT2D eigenvalue weighted by Gasteiger charge is 2.07. The monoisotopic (exact) mass is 281 g/mol. The van der Waals surface area contributed by atoms with E-state index >= 15 is 0 Å². The molecule has 1 amide bonds. The molecule has 0 aliphatic carbocycles. The molecule has 0 atom stereocenters. The highest BCUT2D eigenvalue weighted by molar-refractivity contribution is 7.13. The van der Waals surface area contributed by atoms with E-state index in [1.807, 2.05) is 41.8 Å². The number of carbonyl (C=O) groups is 1. The van der Waals surface area contributed by atoms with Gasteiger partial charge in [-0.1, -0.05) is 12.1 Å². The summed E-state index contributed by atoms with van der Waals surface area (Å²) in [5.74, 6) is 0. The van der Waals surface area contributed by atoms with Crippen LogP contribution in [-0.2, 0) is 4.79 Å². The van der Waals surface area contributed by atoms with Gasteiger partial charge in [0.15, 0.2) is 0 Å². The Balaban J connectivity index is 1.94. The second-order valence-corrected chi connectivity index (χ2v) is 4.98. The third-order valence-corrected chi connectivity index (χ3v) is 3.69. The summed E-state index contributed by atoms with van der Waals surface area (Å²) < 4.78 is 0. The van der Waals surface area contributed by atoms with Crippen LogP contribution in [-0.4, -0.2) is 16.4 Å². The minimum atomic E-state index is 0.669. The summed E-state index contributed by atoms with van der Waals surface area (Å²) in [5.41, 5.74) is 3.65. The third kappa shape index (κ3) is 2.57. The van der Waals surface area contributed by atoms with Crippen LogP contribution in [0.2, 0.25) is 0 Å². The first-order chi connectivity index (χ1) is 9.86. The van der Waals surface area contributed by atoms with Crippen LogP contribution in [0.15, 0.2) is 54.2 Å². The second kappa shape index (κ2) is 5.63. The number of nitrogens with zero attached hydrogens (tertiary/aromatic N) is 2. The van der Waals surface area contributed by atoms with Crippen LogP contribution in [0.1, 0.15) is 0 Å². The summed E-state index contributed by atoms with van der Waals surface area (Å²) in [4.78, 5) is 19.2. The van der Waals surface area contributed by atoms with E-state index in [-0.39, 0.29) is 0 Å². The average Bonchev–Trinajstić information content (AvgIpc) is 2.99. The van der Waals surface area contributed by atoms with Crippen molar-refractivity contribution in [2.24, 2.45) is 0 Å². The fourth-order valence-electron chi connectivity index (χ4n) is 1.86. The maximum absolute atomic E-state index is 10.5. The summed E-state index contributed by atoms with van der Waals surface area (Å²) in [6.45, 7) is 0. The lowest BCUT2D eigenvalue weighted by atomic mass is 10.2. The Morgan fingerprint density at radius 3 is 2.85 bits per heavy atom. The zero-order valence-corrected chi connectivity index (χ0v) is 11.3. The molecule has 0 unspecified atom stereocenters. The lowest BCUT2D eigenvalue weighted by Gasteiger charge is -2.01. The Hall–Kier alpha value is -2.53. The van der Waals surface area contributed by atoms with Crippen LogP contribution in [0, 0.1) is 0 Å². The van der Waals surface area contributed by atoms with Crippen LogP contribution >= 0.6 is 11.3 Å². The first kappa shape index (κ1) is 12.5. The van der Waals surface area contributed by atoms with Gasteiger partial charge in [0.1, 0.15) is 5.01 Å². The Bertz CT molecular complexity index is 725. The lowest BCUT2D eigenvalue weighted by molar-refractivity contribution is -0.105. The second-order valence-electron chi connectivity index (χ2n) is 4.12. The topological polar surface area (TPSA) is 54.9 Å². The highest BCUT2D eigenvalue weighted by Crippen LogP contribution is 2.29. The minimum Gasteiger partial charge on any atom is -0.329 e. The number of amides is 1. The molecule has 4 nitrogen and oxygen atoms in total.